The van der Waals surface area contributed by atoms with Gasteiger partial charge < -0.3 is 9.84 Å². The van der Waals surface area contributed by atoms with Crippen LogP contribution >= 0.6 is 0 Å². The van der Waals surface area contributed by atoms with Crippen LogP contribution in [-0.2, 0) is 9.53 Å². The Hall–Kier alpha value is -0.830. The molecule has 0 spiro atoms. The minimum Gasteiger partial charge on any atom is -0.460 e. The van der Waals surface area contributed by atoms with E-state index in [1.54, 1.807) is 6.08 Å². The van der Waals surface area contributed by atoms with Crippen LogP contribution in [0.1, 0.15) is 13.8 Å². The zero-order chi connectivity index (χ0) is 8.69. The van der Waals surface area contributed by atoms with Crippen LogP contribution in [0.4, 0.5) is 0 Å². The quantitative estimate of drug-likeness (QED) is 0.484. The van der Waals surface area contributed by atoms with Gasteiger partial charge in [0, 0.05) is 6.08 Å². The summed E-state index contributed by atoms with van der Waals surface area (Å²) in [4.78, 5) is 10.7. The summed E-state index contributed by atoms with van der Waals surface area (Å²) in [5, 5.41) is 8.29. The van der Waals surface area contributed by atoms with Crippen molar-refractivity contribution in [2.45, 2.75) is 13.8 Å². The molecule has 0 aliphatic heterocycles. The molecule has 0 atom stereocenters. The van der Waals surface area contributed by atoms with Gasteiger partial charge in [0.1, 0.15) is 6.61 Å². The van der Waals surface area contributed by atoms with E-state index in [1.165, 1.54) is 6.08 Å². The highest BCUT2D eigenvalue weighted by Gasteiger charge is 1.94. The van der Waals surface area contributed by atoms with Crippen molar-refractivity contribution in [2.75, 3.05) is 13.2 Å². The summed E-state index contributed by atoms with van der Waals surface area (Å²) in [6.07, 6.45) is 3.13. The maximum atomic E-state index is 10.7. The van der Waals surface area contributed by atoms with Crippen LogP contribution in [0, 0.1) is 5.92 Å². The number of ether oxygens (including phenoxy) is 1. The van der Waals surface area contributed by atoms with E-state index < -0.39 is 5.97 Å². The van der Waals surface area contributed by atoms with Crippen LogP contribution in [0.5, 0.6) is 0 Å². The van der Waals surface area contributed by atoms with E-state index in [0.717, 1.165) is 0 Å². The Bertz CT molecular complexity index is 138. The van der Waals surface area contributed by atoms with Gasteiger partial charge in [0.25, 0.3) is 0 Å². The highest BCUT2D eigenvalue weighted by atomic mass is 16.5. The van der Waals surface area contributed by atoms with Crippen LogP contribution in [-0.4, -0.2) is 24.3 Å². The van der Waals surface area contributed by atoms with E-state index in [-0.39, 0.29) is 13.2 Å². The van der Waals surface area contributed by atoms with Gasteiger partial charge in [0.15, 0.2) is 0 Å². The fourth-order valence-electron chi connectivity index (χ4n) is 0.465. The number of esters is 1. The van der Waals surface area contributed by atoms with E-state index in [1.807, 2.05) is 13.8 Å². The second kappa shape index (κ2) is 5.92. The average molecular weight is 158 g/mol. The lowest BCUT2D eigenvalue weighted by molar-refractivity contribution is -0.138. The number of hydrogen-bond acceptors (Lipinski definition) is 3. The summed E-state index contributed by atoms with van der Waals surface area (Å²) in [6.45, 7) is 3.88. The summed E-state index contributed by atoms with van der Waals surface area (Å²) in [5.74, 6) is -0.0515. The third-order valence-electron chi connectivity index (χ3n) is 0.953. The van der Waals surface area contributed by atoms with Crippen LogP contribution in [0.2, 0.25) is 0 Å². The first-order chi connectivity index (χ1) is 5.16. The third-order valence-corrected chi connectivity index (χ3v) is 0.953. The summed E-state index contributed by atoms with van der Waals surface area (Å²) in [5.41, 5.74) is 0. The molecule has 3 nitrogen and oxygen atoms in total. The third kappa shape index (κ3) is 7.06. The molecule has 0 rings (SSSR count). The topological polar surface area (TPSA) is 46.5 Å². The molecular formula is C8H14O3. The van der Waals surface area contributed by atoms with Gasteiger partial charge in [-0.15, -0.1) is 0 Å². The Morgan fingerprint density at radius 1 is 1.64 bits per heavy atom. The summed E-state index contributed by atoms with van der Waals surface area (Å²) >= 11 is 0. The van der Waals surface area contributed by atoms with Crippen molar-refractivity contribution < 1.29 is 14.6 Å². The van der Waals surface area contributed by atoms with Crippen LogP contribution in [0.25, 0.3) is 0 Å². The number of carbonyl (C=O) groups is 1. The maximum Gasteiger partial charge on any atom is 0.330 e. The molecule has 0 aliphatic carbocycles. The molecule has 0 aliphatic rings. The van der Waals surface area contributed by atoms with Crippen LogP contribution < -0.4 is 0 Å². The van der Waals surface area contributed by atoms with Crippen molar-refractivity contribution in [1.29, 1.82) is 0 Å². The van der Waals surface area contributed by atoms with Crippen LogP contribution in [0.15, 0.2) is 12.2 Å². The predicted octanol–water partition coefficient (Wildman–Crippen LogP) is 0.734. The molecule has 0 saturated carbocycles. The first-order valence-electron chi connectivity index (χ1n) is 3.62. The number of aliphatic hydroxyl groups excluding tert-OH is 1. The van der Waals surface area contributed by atoms with Crippen LogP contribution in [0.3, 0.4) is 0 Å². The molecule has 0 fully saturated rings. The number of allylic oxidation sites excluding steroid dienone is 1. The Balaban J connectivity index is 3.51. The molecule has 3 heteroatoms. The SMILES string of the molecule is CC(C)C=CC(=O)OCCO. The second-order valence-electron chi connectivity index (χ2n) is 2.49. The monoisotopic (exact) mass is 158 g/mol. The molecule has 0 aromatic heterocycles. The van der Waals surface area contributed by atoms with Gasteiger partial charge in [0.2, 0.25) is 0 Å². The smallest absolute Gasteiger partial charge is 0.330 e. The molecule has 0 bridgehead atoms. The predicted molar refractivity (Wildman–Crippen MR) is 42.0 cm³/mol. The normalized spacial score (nSPS) is 10.9. The van der Waals surface area contributed by atoms with Crippen molar-refractivity contribution in [3.63, 3.8) is 0 Å². The Morgan fingerprint density at radius 2 is 2.27 bits per heavy atom. The Morgan fingerprint density at radius 3 is 2.73 bits per heavy atom. The van der Waals surface area contributed by atoms with E-state index in [9.17, 15) is 4.79 Å². The molecule has 64 valence electrons. The van der Waals surface area contributed by atoms with E-state index in [0.29, 0.717) is 5.92 Å². The first-order valence-corrected chi connectivity index (χ1v) is 3.62. The molecule has 0 amide bonds. The van der Waals surface area contributed by atoms with Gasteiger partial charge in [-0.3, -0.25) is 0 Å². The summed E-state index contributed by atoms with van der Waals surface area (Å²) < 4.78 is 4.57. The molecule has 0 unspecified atom stereocenters. The lowest BCUT2D eigenvalue weighted by Crippen LogP contribution is -2.05. The molecule has 1 N–H and O–H groups in total. The fourth-order valence-corrected chi connectivity index (χ4v) is 0.465. The zero-order valence-electron chi connectivity index (χ0n) is 6.91. The number of rotatable bonds is 4. The highest BCUT2D eigenvalue weighted by molar-refractivity contribution is 5.81. The number of aliphatic hydroxyl groups is 1. The second-order valence-corrected chi connectivity index (χ2v) is 2.49. The van der Waals surface area contributed by atoms with Gasteiger partial charge in [0.05, 0.1) is 6.61 Å². The van der Waals surface area contributed by atoms with Gasteiger partial charge in [-0.05, 0) is 5.92 Å². The summed E-state index contributed by atoms with van der Waals surface area (Å²) in [7, 11) is 0. The minimum absolute atomic E-state index is 0.0707. The average Bonchev–Trinajstić information content (AvgIpc) is 1.97. The standard InChI is InChI=1S/C8H14O3/c1-7(2)3-4-8(10)11-6-5-9/h3-4,7,9H,5-6H2,1-2H3. The Labute approximate surface area is 66.7 Å². The van der Waals surface area contributed by atoms with Crippen molar-refractivity contribution in [3.05, 3.63) is 12.2 Å². The first kappa shape index (κ1) is 10.2. The summed E-state index contributed by atoms with van der Waals surface area (Å²) in [6, 6.07) is 0. The molecule has 0 radical (unpaired) electrons. The van der Waals surface area contributed by atoms with Crippen molar-refractivity contribution in [2.24, 2.45) is 5.92 Å². The highest BCUT2D eigenvalue weighted by Crippen LogP contribution is 1.93. The van der Waals surface area contributed by atoms with E-state index in [2.05, 4.69) is 4.74 Å². The largest absolute Gasteiger partial charge is 0.460 e. The van der Waals surface area contributed by atoms with Crippen molar-refractivity contribution in [1.82, 2.24) is 0 Å². The molecular weight excluding hydrogens is 144 g/mol. The lowest BCUT2D eigenvalue weighted by atomic mass is 10.2. The lowest BCUT2D eigenvalue weighted by Gasteiger charge is -1.97. The van der Waals surface area contributed by atoms with Gasteiger partial charge in [-0.2, -0.15) is 0 Å². The van der Waals surface area contributed by atoms with Crippen molar-refractivity contribution in [3.8, 4) is 0 Å². The zero-order valence-corrected chi connectivity index (χ0v) is 6.91. The van der Waals surface area contributed by atoms with Gasteiger partial charge in [-0.1, -0.05) is 19.9 Å². The fraction of sp³-hybridized carbons (Fsp3) is 0.625. The molecule has 11 heavy (non-hydrogen) atoms. The van der Waals surface area contributed by atoms with Gasteiger partial charge in [-0.25, -0.2) is 4.79 Å². The molecule has 0 saturated heterocycles. The molecule has 0 aromatic rings. The molecule has 0 heterocycles. The minimum atomic E-state index is -0.396. The van der Waals surface area contributed by atoms with E-state index >= 15 is 0 Å². The van der Waals surface area contributed by atoms with Crippen molar-refractivity contribution >= 4 is 5.97 Å². The van der Waals surface area contributed by atoms with E-state index in [4.69, 9.17) is 5.11 Å². The number of hydrogen-bond donors (Lipinski definition) is 1. The van der Waals surface area contributed by atoms with Gasteiger partial charge >= 0.3 is 5.97 Å². The number of carbonyl (C=O) groups excluding carboxylic acids is 1. The Kier molecular flexibility index (Phi) is 5.47. The molecule has 0 aromatic carbocycles. The maximum absolute atomic E-state index is 10.7.